The maximum atomic E-state index is 12.5. The van der Waals surface area contributed by atoms with Gasteiger partial charge in [-0.05, 0) is 30.5 Å². The minimum absolute atomic E-state index is 0.00659. The van der Waals surface area contributed by atoms with Gasteiger partial charge in [0, 0.05) is 24.0 Å². The molecule has 0 aliphatic carbocycles. The van der Waals surface area contributed by atoms with E-state index < -0.39 is 0 Å². The number of fused-ring (bicyclic) bond motifs is 1. The molecule has 0 saturated heterocycles. The second-order valence-electron chi connectivity index (χ2n) is 8.66. The first-order valence-electron chi connectivity index (χ1n) is 10.9. The number of nitrogens with one attached hydrogen (secondary N) is 2. The van der Waals surface area contributed by atoms with Gasteiger partial charge in [0.2, 0.25) is 5.91 Å². The van der Waals surface area contributed by atoms with E-state index in [-0.39, 0.29) is 18.0 Å². The first kappa shape index (κ1) is 22.2. The highest BCUT2D eigenvalue weighted by atomic mass is 16.5. The number of amides is 1. The fourth-order valence-electron chi connectivity index (χ4n) is 4.56. The zero-order chi connectivity index (χ0) is 21.7. The minimum Gasteiger partial charge on any atom is -0.493 e. The number of benzene rings is 2. The van der Waals surface area contributed by atoms with Crippen LogP contribution in [0.1, 0.15) is 49.9 Å². The highest BCUT2D eigenvalue weighted by Gasteiger charge is 2.37. The molecule has 3 rings (SSSR count). The van der Waals surface area contributed by atoms with Gasteiger partial charge < -0.3 is 19.7 Å². The molecule has 0 fully saturated rings. The van der Waals surface area contributed by atoms with Gasteiger partial charge in [-0.1, -0.05) is 44.2 Å². The lowest BCUT2D eigenvalue weighted by Gasteiger charge is -2.38. The van der Waals surface area contributed by atoms with Gasteiger partial charge in [-0.25, -0.2) is 0 Å². The van der Waals surface area contributed by atoms with Crippen molar-refractivity contribution >= 4 is 5.91 Å². The third-order valence-corrected chi connectivity index (χ3v) is 5.89. The van der Waals surface area contributed by atoms with Gasteiger partial charge in [-0.2, -0.15) is 0 Å². The van der Waals surface area contributed by atoms with Crippen molar-refractivity contribution in [2.75, 3.05) is 20.8 Å². The summed E-state index contributed by atoms with van der Waals surface area (Å²) in [4.78, 5) is 14.0. The summed E-state index contributed by atoms with van der Waals surface area (Å²) in [6, 6.07) is 14.9. The predicted octanol–water partition coefficient (Wildman–Crippen LogP) is 2.94. The molecule has 30 heavy (non-hydrogen) atoms. The van der Waals surface area contributed by atoms with Crippen LogP contribution < -0.4 is 19.7 Å². The van der Waals surface area contributed by atoms with Crippen LogP contribution in [0.4, 0.5) is 0 Å². The van der Waals surface area contributed by atoms with E-state index in [9.17, 15) is 4.79 Å². The Morgan fingerprint density at radius 1 is 1.10 bits per heavy atom. The molecular weight excluding hydrogens is 376 g/mol. The van der Waals surface area contributed by atoms with E-state index >= 15 is 0 Å². The van der Waals surface area contributed by atoms with Crippen molar-refractivity contribution < 1.29 is 19.2 Å². The molecule has 2 N–H and O–H groups in total. The van der Waals surface area contributed by atoms with E-state index in [1.807, 2.05) is 6.07 Å². The van der Waals surface area contributed by atoms with Crippen molar-refractivity contribution in [3.63, 3.8) is 0 Å². The Hall–Kier alpha value is -2.53. The van der Waals surface area contributed by atoms with Crippen LogP contribution in [0.15, 0.2) is 42.5 Å². The van der Waals surface area contributed by atoms with Crippen molar-refractivity contribution in [1.82, 2.24) is 5.32 Å². The fraction of sp³-hybridized carbons (Fsp3) is 0.480. The van der Waals surface area contributed by atoms with Crippen LogP contribution in [-0.4, -0.2) is 32.7 Å². The van der Waals surface area contributed by atoms with Crippen LogP contribution in [0.25, 0.3) is 0 Å². The van der Waals surface area contributed by atoms with Crippen LogP contribution in [0, 0.1) is 5.92 Å². The summed E-state index contributed by atoms with van der Waals surface area (Å²) in [5.41, 5.74) is 3.82. The van der Waals surface area contributed by atoms with Crippen molar-refractivity contribution in [3.05, 3.63) is 59.2 Å². The van der Waals surface area contributed by atoms with Crippen molar-refractivity contribution in [3.8, 4) is 11.5 Å². The number of carbonyl (C=O) groups excluding carboxylic acids is 1. The highest BCUT2D eigenvalue weighted by molar-refractivity contribution is 5.76. The normalized spacial score (nSPS) is 19.1. The van der Waals surface area contributed by atoms with Gasteiger partial charge in [-0.15, -0.1) is 0 Å². The van der Waals surface area contributed by atoms with E-state index in [0.29, 0.717) is 12.3 Å². The maximum absolute atomic E-state index is 12.5. The molecule has 1 amide bonds. The van der Waals surface area contributed by atoms with E-state index in [1.165, 1.54) is 21.6 Å². The topological polar surface area (TPSA) is 52.0 Å². The maximum Gasteiger partial charge on any atom is 0.220 e. The molecule has 5 heteroatoms. The van der Waals surface area contributed by atoms with Gasteiger partial charge in [0.15, 0.2) is 11.5 Å². The molecule has 0 spiro atoms. The number of quaternary nitrogens is 1. The summed E-state index contributed by atoms with van der Waals surface area (Å²) in [5, 5.41) is 3.27. The monoisotopic (exact) mass is 411 g/mol. The lowest BCUT2D eigenvalue weighted by Crippen LogP contribution is -3.13. The number of hydrogen-bond acceptors (Lipinski definition) is 3. The molecule has 0 aromatic heterocycles. The number of rotatable bonds is 8. The molecule has 5 nitrogen and oxygen atoms in total. The minimum atomic E-state index is 0.00659. The molecule has 0 saturated carbocycles. The smallest absolute Gasteiger partial charge is 0.220 e. The molecule has 162 valence electrons. The molecule has 1 aliphatic heterocycles. The van der Waals surface area contributed by atoms with Crippen LogP contribution in [0.2, 0.25) is 0 Å². The van der Waals surface area contributed by atoms with Gasteiger partial charge in [0.05, 0.1) is 26.8 Å². The standard InChI is InChI=1S/C25H34N2O3/c1-17(2)13-24(28)26-18(3)25-21-15-23(30-5)22(29-4)14-20(21)11-12-27(25)16-19-9-7-6-8-10-19/h6-10,14-15,17-18,25H,11-13,16H2,1-5H3,(H,26,28)/p+1/t18-,25-/m1/s1. The average molecular weight is 412 g/mol. The lowest BCUT2D eigenvalue weighted by molar-refractivity contribution is -0.948. The summed E-state index contributed by atoms with van der Waals surface area (Å²) in [6.45, 7) is 8.20. The van der Waals surface area contributed by atoms with E-state index in [2.05, 4.69) is 62.5 Å². The van der Waals surface area contributed by atoms with E-state index in [4.69, 9.17) is 9.47 Å². The predicted molar refractivity (Wildman–Crippen MR) is 119 cm³/mol. The van der Waals surface area contributed by atoms with Crippen molar-refractivity contribution in [2.24, 2.45) is 5.92 Å². The number of methoxy groups -OCH3 is 2. The summed E-state index contributed by atoms with van der Waals surface area (Å²) >= 11 is 0. The molecule has 1 unspecified atom stereocenters. The molecule has 2 aromatic carbocycles. The molecule has 0 radical (unpaired) electrons. The highest BCUT2D eigenvalue weighted by Crippen LogP contribution is 2.35. The number of ether oxygens (including phenoxy) is 2. The second kappa shape index (κ2) is 9.98. The van der Waals surface area contributed by atoms with Gasteiger partial charge in [-0.3, -0.25) is 4.79 Å². The van der Waals surface area contributed by atoms with Gasteiger partial charge in [0.1, 0.15) is 12.6 Å². The molecule has 2 aromatic rings. The Labute approximate surface area is 180 Å². The molecule has 1 heterocycles. The first-order chi connectivity index (χ1) is 14.4. The third-order valence-electron chi connectivity index (χ3n) is 5.89. The molecular formula is C25H35N2O3+. The summed E-state index contributed by atoms with van der Waals surface area (Å²) < 4.78 is 11.1. The average Bonchev–Trinajstić information content (AvgIpc) is 2.72. The fourth-order valence-corrected chi connectivity index (χ4v) is 4.56. The van der Waals surface area contributed by atoms with Crippen LogP contribution in [-0.2, 0) is 17.8 Å². The van der Waals surface area contributed by atoms with E-state index in [0.717, 1.165) is 31.0 Å². The molecule has 1 aliphatic rings. The van der Waals surface area contributed by atoms with Crippen LogP contribution in [0.5, 0.6) is 11.5 Å². The third kappa shape index (κ3) is 5.14. The largest absolute Gasteiger partial charge is 0.493 e. The van der Waals surface area contributed by atoms with Crippen molar-refractivity contribution in [1.29, 1.82) is 0 Å². The summed E-state index contributed by atoms with van der Waals surface area (Å²) in [5.74, 6) is 1.96. The van der Waals surface area contributed by atoms with Gasteiger partial charge in [0.25, 0.3) is 0 Å². The second-order valence-corrected chi connectivity index (χ2v) is 8.66. The zero-order valence-corrected chi connectivity index (χ0v) is 18.8. The Balaban J connectivity index is 1.95. The van der Waals surface area contributed by atoms with Gasteiger partial charge >= 0.3 is 0 Å². The zero-order valence-electron chi connectivity index (χ0n) is 18.8. The Bertz CT molecular complexity index is 851. The van der Waals surface area contributed by atoms with Crippen molar-refractivity contribution in [2.45, 2.75) is 52.2 Å². The van der Waals surface area contributed by atoms with Crippen LogP contribution in [0.3, 0.4) is 0 Å². The lowest BCUT2D eigenvalue weighted by atomic mass is 9.87. The molecule has 3 atom stereocenters. The Morgan fingerprint density at radius 2 is 1.77 bits per heavy atom. The quantitative estimate of drug-likeness (QED) is 0.702. The summed E-state index contributed by atoms with van der Waals surface area (Å²) in [6.07, 6.45) is 1.52. The summed E-state index contributed by atoms with van der Waals surface area (Å²) in [7, 11) is 3.34. The number of carbonyl (C=O) groups is 1. The Morgan fingerprint density at radius 3 is 2.40 bits per heavy atom. The SMILES string of the molecule is COc1cc2c(cc1OC)[C@@H]([C@@H](C)NC(=O)CC(C)C)[NH+](Cc1ccccc1)CC2. The Kier molecular flexibility index (Phi) is 7.38. The first-order valence-corrected chi connectivity index (χ1v) is 10.9. The van der Waals surface area contributed by atoms with Crippen LogP contribution >= 0.6 is 0 Å². The molecule has 0 bridgehead atoms. The number of hydrogen-bond donors (Lipinski definition) is 2. The van der Waals surface area contributed by atoms with E-state index in [1.54, 1.807) is 14.2 Å².